The van der Waals surface area contributed by atoms with E-state index in [0.717, 1.165) is 19.3 Å². The van der Waals surface area contributed by atoms with Gasteiger partial charge in [0.15, 0.2) is 0 Å². The Morgan fingerprint density at radius 2 is 2.05 bits per heavy atom. The molecule has 1 aromatic carbocycles. The molecule has 2 N–H and O–H groups in total. The molecular formula is C15H23N3O3S. The van der Waals surface area contributed by atoms with Crippen molar-refractivity contribution in [2.45, 2.75) is 25.3 Å². The monoisotopic (exact) mass is 325 g/mol. The number of rotatable bonds is 5. The van der Waals surface area contributed by atoms with Crippen molar-refractivity contribution in [3.63, 3.8) is 0 Å². The average Bonchev–Trinajstić information content (AvgIpc) is 2.48. The van der Waals surface area contributed by atoms with Crippen LogP contribution < -0.4 is 10.6 Å². The average molecular weight is 325 g/mol. The van der Waals surface area contributed by atoms with Crippen LogP contribution in [-0.2, 0) is 16.4 Å². The molecule has 2 rings (SSSR count). The van der Waals surface area contributed by atoms with E-state index in [1.54, 1.807) is 0 Å². The van der Waals surface area contributed by atoms with Crippen molar-refractivity contribution in [3.05, 3.63) is 35.9 Å². The molecule has 1 fully saturated rings. The van der Waals surface area contributed by atoms with Gasteiger partial charge in [-0.05, 0) is 24.8 Å². The summed E-state index contributed by atoms with van der Waals surface area (Å²) in [6.07, 6.45) is 3.55. The molecule has 1 aliphatic heterocycles. The molecule has 1 aliphatic rings. The maximum Gasteiger partial charge on any atom is 0.315 e. The van der Waals surface area contributed by atoms with E-state index < -0.39 is 10.0 Å². The molecular weight excluding hydrogens is 302 g/mol. The van der Waals surface area contributed by atoms with Gasteiger partial charge < -0.3 is 10.6 Å². The number of piperidine rings is 1. The summed E-state index contributed by atoms with van der Waals surface area (Å²) in [5, 5.41) is 5.67. The summed E-state index contributed by atoms with van der Waals surface area (Å²) in [4.78, 5) is 11.9. The van der Waals surface area contributed by atoms with E-state index in [4.69, 9.17) is 0 Å². The van der Waals surface area contributed by atoms with Crippen LogP contribution in [0.2, 0.25) is 0 Å². The number of sulfonamides is 1. The van der Waals surface area contributed by atoms with Crippen LogP contribution >= 0.6 is 0 Å². The number of urea groups is 1. The van der Waals surface area contributed by atoms with Crippen molar-refractivity contribution in [1.82, 2.24) is 14.9 Å². The maximum atomic E-state index is 11.9. The van der Waals surface area contributed by atoms with E-state index in [2.05, 4.69) is 10.6 Å². The largest absolute Gasteiger partial charge is 0.338 e. The number of carbonyl (C=O) groups is 1. The van der Waals surface area contributed by atoms with E-state index in [-0.39, 0.29) is 12.1 Å². The lowest BCUT2D eigenvalue weighted by Gasteiger charge is -2.31. The summed E-state index contributed by atoms with van der Waals surface area (Å²) in [5.41, 5.74) is 1.17. The second-order valence-electron chi connectivity index (χ2n) is 5.60. The lowest BCUT2D eigenvalue weighted by molar-refractivity contribution is 0.226. The Morgan fingerprint density at radius 1 is 1.32 bits per heavy atom. The zero-order chi connectivity index (χ0) is 16.0. The topological polar surface area (TPSA) is 78.5 Å². The van der Waals surface area contributed by atoms with Gasteiger partial charge in [-0.3, -0.25) is 0 Å². The zero-order valence-electron chi connectivity index (χ0n) is 12.8. The molecule has 0 bridgehead atoms. The number of amides is 2. The van der Waals surface area contributed by atoms with Crippen molar-refractivity contribution in [2.75, 3.05) is 25.9 Å². The fourth-order valence-corrected chi connectivity index (χ4v) is 3.47. The fourth-order valence-electron chi connectivity index (χ4n) is 2.56. The lowest BCUT2D eigenvalue weighted by atomic mass is 10.1. The van der Waals surface area contributed by atoms with Gasteiger partial charge in [0.1, 0.15) is 0 Å². The molecule has 1 heterocycles. The van der Waals surface area contributed by atoms with Gasteiger partial charge in [0.05, 0.1) is 6.26 Å². The smallest absolute Gasteiger partial charge is 0.315 e. The Balaban J connectivity index is 1.72. The Kier molecular flexibility index (Phi) is 5.79. The number of benzene rings is 1. The molecule has 6 nitrogen and oxygen atoms in total. The number of nitrogens with one attached hydrogen (secondary N) is 2. The summed E-state index contributed by atoms with van der Waals surface area (Å²) in [7, 11) is -3.19. The van der Waals surface area contributed by atoms with E-state index in [9.17, 15) is 13.2 Å². The van der Waals surface area contributed by atoms with Gasteiger partial charge in [0.2, 0.25) is 10.0 Å². The molecule has 0 aromatic heterocycles. The van der Waals surface area contributed by atoms with E-state index in [1.165, 1.54) is 16.1 Å². The summed E-state index contributed by atoms with van der Waals surface area (Å²) in [5.74, 6) is 0. The number of hydrogen-bond acceptors (Lipinski definition) is 3. The van der Waals surface area contributed by atoms with Gasteiger partial charge in [-0.2, -0.15) is 0 Å². The molecule has 0 aliphatic carbocycles. The highest BCUT2D eigenvalue weighted by atomic mass is 32.2. The van der Waals surface area contributed by atoms with Crippen LogP contribution in [0.1, 0.15) is 18.4 Å². The molecule has 1 aromatic rings. The van der Waals surface area contributed by atoms with Gasteiger partial charge in [-0.1, -0.05) is 30.3 Å². The first-order valence-corrected chi connectivity index (χ1v) is 9.33. The van der Waals surface area contributed by atoms with Crippen molar-refractivity contribution < 1.29 is 13.2 Å². The van der Waals surface area contributed by atoms with E-state index in [0.29, 0.717) is 19.6 Å². The Hall–Kier alpha value is -1.60. The summed E-state index contributed by atoms with van der Waals surface area (Å²) in [6, 6.07) is 9.57. The van der Waals surface area contributed by atoms with Crippen molar-refractivity contribution in [3.8, 4) is 0 Å². The van der Waals surface area contributed by atoms with Gasteiger partial charge in [0, 0.05) is 25.7 Å². The zero-order valence-corrected chi connectivity index (χ0v) is 13.6. The first-order valence-electron chi connectivity index (χ1n) is 7.48. The van der Waals surface area contributed by atoms with Gasteiger partial charge in [-0.15, -0.1) is 0 Å². The second-order valence-corrected chi connectivity index (χ2v) is 7.58. The quantitative estimate of drug-likeness (QED) is 0.846. The molecule has 1 atom stereocenters. The first-order chi connectivity index (χ1) is 10.4. The summed E-state index contributed by atoms with van der Waals surface area (Å²) in [6.45, 7) is 1.44. The van der Waals surface area contributed by atoms with Crippen LogP contribution in [0.5, 0.6) is 0 Å². The van der Waals surface area contributed by atoms with Gasteiger partial charge in [0.25, 0.3) is 0 Å². The van der Waals surface area contributed by atoms with Gasteiger partial charge in [-0.25, -0.2) is 17.5 Å². The Bertz CT molecular complexity index is 589. The fraction of sp³-hybridized carbons (Fsp3) is 0.533. The molecule has 122 valence electrons. The molecule has 0 spiro atoms. The summed E-state index contributed by atoms with van der Waals surface area (Å²) >= 11 is 0. The second kappa shape index (κ2) is 7.60. The van der Waals surface area contributed by atoms with Crippen LogP contribution in [0.15, 0.2) is 30.3 Å². The number of nitrogens with zero attached hydrogens (tertiary/aromatic N) is 1. The van der Waals surface area contributed by atoms with Crippen molar-refractivity contribution in [2.24, 2.45) is 0 Å². The standard InChI is InChI=1S/C15H23N3O3S/c1-22(20,21)18-11-5-8-14(12-18)17-15(19)16-10-9-13-6-3-2-4-7-13/h2-4,6-7,14H,5,8-12H2,1H3,(H2,16,17,19)/t14-/m0/s1. The highest BCUT2D eigenvalue weighted by molar-refractivity contribution is 7.88. The highest BCUT2D eigenvalue weighted by Gasteiger charge is 2.26. The third-order valence-corrected chi connectivity index (χ3v) is 5.00. The minimum atomic E-state index is -3.19. The number of hydrogen-bond donors (Lipinski definition) is 2. The molecule has 0 unspecified atom stereocenters. The lowest BCUT2D eigenvalue weighted by Crippen LogP contribution is -2.51. The third-order valence-electron chi connectivity index (χ3n) is 3.73. The predicted molar refractivity (Wildman–Crippen MR) is 86.1 cm³/mol. The van der Waals surface area contributed by atoms with Crippen LogP contribution in [0.3, 0.4) is 0 Å². The van der Waals surface area contributed by atoms with Crippen LogP contribution in [-0.4, -0.2) is 50.7 Å². The first kappa shape index (κ1) is 16.8. The minimum absolute atomic E-state index is 0.125. The molecule has 2 amide bonds. The van der Waals surface area contributed by atoms with Crippen LogP contribution in [0.25, 0.3) is 0 Å². The van der Waals surface area contributed by atoms with Crippen LogP contribution in [0, 0.1) is 0 Å². The SMILES string of the molecule is CS(=O)(=O)N1CCC[C@H](NC(=O)NCCc2ccccc2)C1. The van der Waals surface area contributed by atoms with E-state index in [1.807, 2.05) is 30.3 Å². The normalized spacial score (nSPS) is 19.6. The predicted octanol–water partition coefficient (Wildman–Crippen LogP) is 0.952. The Morgan fingerprint density at radius 3 is 2.73 bits per heavy atom. The van der Waals surface area contributed by atoms with Crippen LogP contribution in [0.4, 0.5) is 4.79 Å². The third kappa shape index (κ3) is 5.31. The van der Waals surface area contributed by atoms with E-state index >= 15 is 0 Å². The summed E-state index contributed by atoms with van der Waals surface area (Å²) < 4.78 is 24.5. The van der Waals surface area contributed by atoms with Gasteiger partial charge >= 0.3 is 6.03 Å². The van der Waals surface area contributed by atoms with Crippen molar-refractivity contribution >= 4 is 16.1 Å². The number of carbonyl (C=O) groups excluding carboxylic acids is 1. The van der Waals surface area contributed by atoms with Crippen molar-refractivity contribution in [1.29, 1.82) is 0 Å². The molecule has 1 saturated heterocycles. The highest BCUT2D eigenvalue weighted by Crippen LogP contribution is 2.12. The molecule has 7 heteroatoms. The maximum absolute atomic E-state index is 11.9. The molecule has 22 heavy (non-hydrogen) atoms. The minimum Gasteiger partial charge on any atom is -0.338 e. The molecule has 0 saturated carbocycles. The molecule has 0 radical (unpaired) electrons. The Labute approximate surface area is 131 Å².